The highest BCUT2D eigenvalue weighted by molar-refractivity contribution is 5.95. The number of nitrogens with one attached hydrogen (secondary N) is 1. The van der Waals surface area contributed by atoms with Crippen LogP contribution in [0.2, 0.25) is 0 Å². The summed E-state index contributed by atoms with van der Waals surface area (Å²) in [6.07, 6.45) is 5.88. The normalized spacial score (nSPS) is 12.1. The molecule has 0 saturated heterocycles. The van der Waals surface area contributed by atoms with Crippen LogP contribution in [-0.2, 0) is 10.2 Å². The Morgan fingerprint density at radius 2 is 1.78 bits per heavy atom. The SMILES string of the molecule is CCCCCC(CC(=O)Nc1cc(C(=O)O)ccc1C(C)(C)C)c1cccnc1Oc1ccccc1. The van der Waals surface area contributed by atoms with Gasteiger partial charge in [-0.2, -0.15) is 0 Å². The number of hydrogen-bond acceptors (Lipinski definition) is 4. The summed E-state index contributed by atoms with van der Waals surface area (Å²) in [6, 6.07) is 18.2. The fourth-order valence-corrected chi connectivity index (χ4v) is 4.27. The van der Waals surface area contributed by atoms with Gasteiger partial charge in [-0.1, -0.05) is 77.3 Å². The molecule has 0 aliphatic carbocycles. The van der Waals surface area contributed by atoms with Crippen molar-refractivity contribution in [3.63, 3.8) is 0 Å². The first kappa shape index (κ1) is 26.9. The lowest BCUT2D eigenvalue weighted by Crippen LogP contribution is -2.21. The number of unbranched alkanes of at least 4 members (excludes halogenated alkanes) is 2. The van der Waals surface area contributed by atoms with Crippen molar-refractivity contribution in [2.75, 3.05) is 5.32 Å². The minimum Gasteiger partial charge on any atom is -0.478 e. The number of carbonyl (C=O) groups is 2. The number of para-hydroxylation sites is 1. The van der Waals surface area contributed by atoms with Crippen molar-refractivity contribution < 1.29 is 19.4 Å². The summed E-state index contributed by atoms with van der Waals surface area (Å²) >= 11 is 0. The van der Waals surface area contributed by atoms with Crippen molar-refractivity contribution in [3.8, 4) is 11.6 Å². The number of ether oxygens (including phenoxy) is 1. The number of amides is 1. The number of carboxylic acid groups (broad SMARTS) is 1. The molecule has 1 heterocycles. The van der Waals surface area contributed by atoms with Gasteiger partial charge < -0.3 is 15.2 Å². The van der Waals surface area contributed by atoms with Crippen molar-refractivity contribution in [2.45, 2.75) is 71.1 Å². The summed E-state index contributed by atoms with van der Waals surface area (Å²) in [5.74, 6) is -0.0963. The molecule has 1 unspecified atom stereocenters. The van der Waals surface area contributed by atoms with Gasteiger partial charge in [-0.25, -0.2) is 9.78 Å². The van der Waals surface area contributed by atoms with E-state index in [9.17, 15) is 14.7 Å². The first-order chi connectivity index (χ1) is 17.2. The molecule has 190 valence electrons. The Morgan fingerprint density at radius 1 is 1.03 bits per heavy atom. The van der Waals surface area contributed by atoms with Crippen LogP contribution in [-0.4, -0.2) is 22.0 Å². The van der Waals surface area contributed by atoms with Gasteiger partial charge in [0.05, 0.1) is 5.56 Å². The zero-order valence-corrected chi connectivity index (χ0v) is 21.6. The standard InChI is InChI=1S/C30H36N2O4/c1-5-6-8-12-21(24-15-11-18-31-28(24)36-23-13-9-7-10-14-23)20-27(33)32-26-19-22(29(34)35)16-17-25(26)30(2,3)4/h7,9-11,13-19,21H,5-6,8,12,20H2,1-4H3,(H,32,33)(H,34,35). The molecule has 0 radical (unpaired) electrons. The van der Waals surface area contributed by atoms with Crippen LogP contribution in [0.25, 0.3) is 0 Å². The molecule has 36 heavy (non-hydrogen) atoms. The molecule has 1 amide bonds. The Hall–Kier alpha value is -3.67. The van der Waals surface area contributed by atoms with E-state index < -0.39 is 5.97 Å². The highest BCUT2D eigenvalue weighted by Crippen LogP contribution is 2.35. The van der Waals surface area contributed by atoms with Gasteiger partial charge in [-0.15, -0.1) is 0 Å². The second-order valence-electron chi connectivity index (χ2n) is 10.1. The third-order valence-corrected chi connectivity index (χ3v) is 6.13. The van der Waals surface area contributed by atoms with E-state index in [4.69, 9.17) is 4.74 Å². The van der Waals surface area contributed by atoms with Crippen molar-refractivity contribution >= 4 is 17.6 Å². The van der Waals surface area contributed by atoms with Crippen LogP contribution in [0, 0.1) is 0 Å². The van der Waals surface area contributed by atoms with Crippen molar-refractivity contribution in [3.05, 3.63) is 83.6 Å². The Kier molecular flexibility index (Phi) is 9.23. The topological polar surface area (TPSA) is 88.5 Å². The molecule has 2 aromatic carbocycles. The number of carboxylic acids is 1. The van der Waals surface area contributed by atoms with Crippen molar-refractivity contribution in [1.29, 1.82) is 0 Å². The van der Waals surface area contributed by atoms with Crippen LogP contribution in [0.4, 0.5) is 5.69 Å². The Morgan fingerprint density at radius 3 is 2.44 bits per heavy atom. The summed E-state index contributed by atoms with van der Waals surface area (Å²) in [7, 11) is 0. The average molecular weight is 489 g/mol. The molecule has 2 N–H and O–H groups in total. The minimum absolute atomic E-state index is 0.0929. The van der Waals surface area contributed by atoms with E-state index >= 15 is 0 Å². The van der Waals surface area contributed by atoms with Crippen LogP contribution in [0.3, 0.4) is 0 Å². The third kappa shape index (κ3) is 7.41. The van der Waals surface area contributed by atoms with Crippen molar-refractivity contribution in [1.82, 2.24) is 4.98 Å². The molecule has 0 spiro atoms. The van der Waals surface area contributed by atoms with Crippen molar-refractivity contribution in [2.24, 2.45) is 0 Å². The quantitative estimate of drug-likeness (QED) is 0.272. The molecule has 3 aromatic rings. The monoisotopic (exact) mass is 488 g/mol. The minimum atomic E-state index is -1.03. The van der Waals surface area contributed by atoms with Gasteiger partial charge in [-0.3, -0.25) is 4.79 Å². The van der Waals surface area contributed by atoms with Crippen LogP contribution in [0.15, 0.2) is 66.9 Å². The highest BCUT2D eigenvalue weighted by atomic mass is 16.5. The summed E-state index contributed by atoms with van der Waals surface area (Å²) in [4.78, 5) is 29.4. The fourth-order valence-electron chi connectivity index (χ4n) is 4.27. The first-order valence-corrected chi connectivity index (χ1v) is 12.5. The Balaban J connectivity index is 1.88. The summed E-state index contributed by atoms with van der Waals surface area (Å²) < 4.78 is 6.09. The smallest absolute Gasteiger partial charge is 0.335 e. The molecule has 0 aliphatic rings. The fraction of sp³-hybridized carbons (Fsp3) is 0.367. The lowest BCUT2D eigenvalue weighted by atomic mass is 9.85. The maximum atomic E-state index is 13.3. The van der Waals surface area contributed by atoms with E-state index in [1.807, 2.05) is 63.2 Å². The number of pyridine rings is 1. The van der Waals surface area contributed by atoms with Gasteiger partial charge in [0.25, 0.3) is 0 Å². The zero-order chi connectivity index (χ0) is 26.1. The summed E-state index contributed by atoms with van der Waals surface area (Å²) in [6.45, 7) is 8.26. The van der Waals surface area contributed by atoms with E-state index in [1.54, 1.807) is 24.4 Å². The average Bonchev–Trinajstić information content (AvgIpc) is 2.84. The van der Waals surface area contributed by atoms with E-state index in [1.165, 1.54) is 0 Å². The Bertz CT molecular complexity index is 1170. The lowest BCUT2D eigenvalue weighted by Gasteiger charge is -2.24. The van der Waals surface area contributed by atoms with Gasteiger partial charge in [0.1, 0.15) is 5.75 Å². The predicted molar refractivity (Wildman–Crippen MR) is 143 cm³/mol. The number of hydrogen-bond donors (Lipinski definition) is 2. The molecular weight excluding hydrogens is 452 g/mol. The first-order valence-electron chi connectivity index (χ1n) is 12.5. The van der Waals surface area contributed by atoms with Crippen LogP contribution in [0.5, 0.6) is 11.6 Å². The van der Waals surface area contributed by atoms with Gasteiger partial charge >= 0.3 is 5.97 Å². The molecule has 0 fully saturated rings. The van der Waals surface area contributed by atoms with E-state index in [-0.39, 0.29) is 29.2 Å². The molecular formula is C30H36N2O4. The van der Waals surface area contributed by atoms with Gasteiger partial charge in [0.15, 0.2) is 0 Å². The molecule has 6 heteroatoms. The maximum Gasteiger partial charge on any atom is 0.335 e. The number of rotatable bonds is 11. The number of carbonyl (C=O) groups excluding carboxylic acids is 1. The molecule has 1 aromatic heterocycles. The van der Waals surface area contributed by atoms with Gasteiger partial charge in [-0.05, 0) is 53.6 Å². The molecule has 1 atom stereocenters. The van der Waals surface area contributed by atoms with E-state index in [2.05, 4.69) is 17.2 Å². The molecule has 6 nitrogen and oxygen atoms in total. The molecule has 0 bridgehead atoms. The van der Waals surface area contributed by atoms with Crippen LogP contribution in [0.1, 0.15) is 87.2 Å². The van der Waals surface area contributed by atoms with E-state index in [0.717, 1.165) is 36.8 Å². The number of aromatic nitrogens is 1. The van der Waals surface area contributed by atoms with Crippen LogP contribution < -0.4 is 10.1 Å². The largest absolute Gasteiger partial charge is 0.478 e. The Labute approximate surface area is 213 Å². The zero-order valence-electron chi connectivity index (χ0n) is 21.6. The molecule has 0 saturated carbocycles. The lowest BCUT2D eigenvalue weighted by molar-refractivity contribution is -0.116. The number of anilines is 1. The van der Waals surface area contributed by atoms with Crippen LogP contribution >= 0.6 is 0 Å². The third-order valence-electron chi connectivity index (χ3n) is 6.13. The molecule has 0 aliphatic heterocycles. The van der Waals surface area contributed by atoms with Gasteiger partial charge in [0.2, 0.25) is 11.8 Å². The number of nitrogens with zero attached hydrogens (tertiary/aromatic N) is 1. The maximum absolute atomic E-state index is 13.3. The second kappa shape index (κ2) is 12.3. The van der Waals surface area contributed by atoms with E-state index in [0.29, 0.717) is 17.3 Å². The summed E-state index contributed by atoms with van der Waals surface area (Å²) in [5.41, 5.74) is 2.19. The highest BCUT2D eigenvalue weighted by Gasteiger charge is 2.24. The number of aromatic carboxylic acids is 1. The van der Waals surface area contributed by atoms with Gasteiger partial charge in [0, 0.05) is 23.9 Å². The molecule has 3 rings (SSSR count). The second-order valence-corrected chi connectivity index (χ2v) is 10.1. The predicted octanol–water partition coefficient (Wildman–Crippen LogP) is 7.56. The number of benzene rings is 2. The summed E-state index contributed by atoms with van der Waals surface area (Å²) in [5, 5.41) is 12.5.